The lowest BCUT2D eigenvalue weighted by Gasteiger charge is -2.47. The highest BCUT2D eigenvalue weighted by molar-refractivity contribution is 5.87. The van der Waals surface area contributed by atoms with Crippen LogP contribution >= 0.6 is 12.4 Å². The molecule has 29 heavy (non-hydrogen) atoms. The molecule has 0 radical (unpaired) electrons. The fourth-order valence-electron chi connectivity index (χ4n) is 5.27. The second-order valence-corrected chi connectivity index (χ2v) is 8.66. The Bertz CT molecular complexity index is 976. The third kappa shape index (κ3) is 3.93. The third-order valence-corrected chi connectivity index (χ3v) is 6.50. The summed E-state index contributed by atoms with van der Waals surface area (Å²) in [5, 5.41) is 4.48. The lowest BCUT2D eigenvalue weighted by Crippen LogP contribution is -2.60. The maximum atomic E-state index is 13.1. The monoisotopic (exact) mass is 418 g/mol. The summed E-state index contributed by atoms with van der Waals surface area (Å²) >= 11 is 0. The van der Waals surface area contributed by atoms with Gasteiger partial charge in [-0.15, -0.1) is 12.4 Å². The van der Waals surface area contributed by atoms with Gasteiger partial charge in [-0.25, -0.2) is 4.79 Å². The molecule has 7 heteroatoms. The molecule has 1 aromatic heterocycles. The van der Waals surface area contributed by atoms with Gasteiger partial charge in [-0.3, -0.25) is 4.79 Å². The van der Waals surface area contributed by atoms with Crippen molar-refractivity contribution in [1.29, 1.82) is 0 Å². The van der Waals surface area contributed by atoms with Crippen LogP contribution < -0.4 is 10.9 Å². The van der Waals surface area contributed by atoms with E-state index in [0.717, 1.165) is 29.4 Å². The molecule has 3 aliphatic heterocycles. The number of hydrogen-bond donors (Lipinski definition) is 1. The molecule has 1 aromatic carbocycles. The van der Waals surface area contributed by atoms with Crippen LogP contribution in [-0.4, -0.2) is 48.2 Å². The molecule has 1 spiro atoms. The van der Waals surface area contributed by atoms with E-state index in [-0.39, 0.29) is 30.3 Å². The maximum absolute atomic E-state index is 13.1. The molecular weight excluding hydrogens is 392 g/mol. The molecule has 2 aromatic rings. The Morgan fingerprint density at radius 2 is 2.00 bits per heavy atom. The zero-order chi connectivity index (χ0) is 19.3. The number of amides is 1. The van der Waals surface area contributed by atoms with E-state index in [0.29, 0.717) is 37.4 Å². The topological polar surface area (TPSA) is 71.8 Å². The summed E-state index contributed by atoms with van der Waals surface area (Å²) in [4.78, 5) is 27.0. The molecule has 0 saturated carbocycles. The SMILES string of the molecule is Cc1ccc2c(CC(=O)N3CCOC4(C[C@H]5CC[C@@H](C4)N5)C3)cc(=O)oc2c1.Cl. The predicted molar refractivity (Wildman–Crippen MR) is 113 cm³/mol. The lowest BCUT2D eigenvalue weighted by atomic mass is 9.85. The second kappa shape index (κ2) is 7.74. The minimum absolute atomic E-state index is 0. The Morgan fingerprint density at radius 1 is 1.24 bits per heavy atom. The number of piperidine rings is 1. The van der Waals surface area contributed by atoms with Gasteiger partial charge in [-0.05, 0) is 49.8 Å². The van der Waals surface area contributed by atoms with Crippen LogP contribution in [0.5, 0.6) is 0 Å². The normalized spacial score (nSPS) is 28.5. The smallest absolute Gasteiger partial charge is 0.336 e. The molecule has 156 valence electrons. The highest BCUT2D eigenvalue weighted by Crippen LogP contribution is 2.38. The van der Waals surface area contributed by atoms with Crippen LogP contribution in [0.3, 0.4) is 0 Å². The fraction of sp³-hybridized carbons (Fsp3) is 0.545. The minimum Gasteiger partial charge on any atom is -0.423 e. The number of morpholine rings is 1. The van der Waals surface area contributed by atoms with Gasteiger partial charge in [0.05, 0.1) is 18.6 Å². The average molecular weight is 419 g/mol. The Balaban J connectivity index is 0.00000205. The number of ether oxygens (including phenoxy) is 1. The molecule has 0 aliphatic carbocycles. The van der Waals surface area contributed by atoms with Gasteiger partial charge in [0.1, 0.15) is 5.58 Å². The Kier molecular flexibility index (Phi) is 5.44. The quantitative estimate of drug-likeness (QED) is 0.759. The van der Waals surface area contributed by atoms with E-state index in [1.165, 1.54) is 18.9 Å². The average Bonchev–Trinajstić information content (AvgIpc) is 3.00. The van der Waals surface area contributed by atoms with Crippen molar-refractivity contribution in [1.82, 2.24) is 10.2 Å². The van der Waals surface area contributed by atoms with Gasteiger partial charge in [-0.1, -0.05) is 12.1 Å². The van der Waals surface area contributed by atoms with Crippen LogP contribution in [0.2, 0.25) is 0 Å². The van der Waals surface area contributed by atoms with Gasteiger partial charge >= 0.3 is 5.63 Å². The van der Waals surface area contributed by atoms with Crippen molar-refractivity contribution < 1.29 is 13.9 Å². The number of benzene rings is 1. The number of nitrogens with one attached hydrogen (secondary N) is 1. The van der Waals surface area contributed by atoms with Crippen molar-refractivity contribution in [3.63, 3.8) is 0 Å². The molecule has 1 N–H and O–H groups in total. The van der Waals surface area contributed by atoms with E-state index in [4.69, 9.17) is 9.15 Å². The van der Waals surface area contributed by atoms with Crippen LogP contribution in [0.25, 0.3) is 11.0 Å². The van der Waals surface area contributed by atoms with Crippen molar-refractivity contribution in [3.05, 3.63) is 45.8 Å². The van der Waals surface area contributed by atoms with E-state index in [9.17, 15) is 9.59 Å². The number of rotatable bonds is 2. The number of hydrogen-bond acceptors (Lipinski definition) is 5. The molecule has 1 unspecified atom stereocenters. The lowest BCUT2D eigenvalue weighted by molar-refractivity contribution is -0.157. The van der Waals surface area contributed by atoms with Crippen LogP contribution in [0.15, 0.2) is 33.5 Å². The van der Waals surface area contributed by atoms with E-state index in [1.807, 2.05) is 30.0 Å². The van der Waals surface area contributed by atoms with Crippen LogP contribution in [0.1, 0.15) is 36.8 Å². The first kappa shape index (κ1) is 20.4. The van der Waals surface area contributed by atoms with Crippen molar-refractivity contribution in [2.75, 3.05) is 19.7 Å². The highest BCUT2D eigenvalue weighted by atomic mass is 35.5. The molecule has 5 rings (SSSR count). The van der Waals surface area contributed by atoms with E-state index >= 15 is 0 Å². The molecule has 2 bridgehead atoms. The molecule has 3 fully saturated rings. The zero-order valence-corrected chi connectivity index (χ0v) is 17.4. The number of carbonyl (C=O) groups excluding carboxylic acids is 1. The summed E-state index contributed by atoms with van der Waals surface area (Å²) in [5.41, 5.74) is 1.69. The van der Waals surface area contributed by atoms with Gasteiger partial charge in [0.25, 0.3) is 0 Å². The molecule has 4 heterocycles. The molecule has 3 atom stereocenters. The summed E-state index contributed by atoms with van der Waals surface area (Å²) in [6.07, 6.45) is 4.57. The van der Waals surface area contributed by atoms with Crippen molar-refractivity contribution in [2.24, 2.45) is 0 Å². The van der Waals surface area contributed by atoms with Gasteiger partial charge in [0.2, 0.25) is 5.91 Å². The number of nitrogens with zero attached hydrogens (tertiary/aromatic N) is 1. The standard InChI is InChI=1S/C22H26N2O4.ClH/c1-14-2-5-18-15(10-21(26)28-19(18)8-14)9-20(25)24-6-7-27-22(13-24)11-16-3-4-17(12-22)23-16;/h2,5,8,10,16-17,23H,3-4,6-7,9,11-13H2,1H3;1H/t16-,17+,22?;. The van der Waals surface area contributed by atoms with Crippen molar-refractivity contribution in [3.8, 4) is 0 Å². The number of halogens is 1. The largest absolute Gasteiger partial charge is 0.423 e. The predicted octanol–water partition coefficient (Wildman–Crippen LogP) is 2.58. The summed E-state index contributed by atoms with van der Waals surface area (Å²) < 4.78 is 11.5. The van der Waals surface area contributed by atoms with Gasteiger partial charge in [-0.2, -0.15) is 0 Å². The minimum atomic E-state index is -0.408. The first-order valence-electron chi connectivity index (χ1n) is 10.2. The Morgan fingerprint density at radius 3 is 2.76 bits per heavy atom. The summed E-state index contributed by atoms with van der Waals surface area (Å²) in [6, 6.07) is 8.24. The fourth-order valence-corrected chi connectivity index (χ4v) is 5.27. The molecule has 1 amide bonds. The van der Waals surface area contributed by atoms with Crippen molar-refractivity contribution in [2.45, 2.75) is 56.7 Å². The number of aryl methyl sites for hydroxylation is 1. The van der Waals surface area contributed by atoms with Crippen molar-refractivity contribution >= 4 is 29.3 Å². The van der Waals surface area contributed by atoms with Gasteiger partial charge in [0.15, 0.2) is 0 Å². The molecular formula is C22H27ClN2O4. The number of carbonyl (C=O) groups is 1. The Hall–Kier alpha value is -1.89. The zero-order valence-electron chi connectivity index (χ0n) is 16.6. The molecule has 3 saturated heterocycles. The third-order valence-electron chi connectivity index (χ3n) is 6.50. The first-order chi connectivity index (χ1) is 13.5. The summed E-state index contributed by atoms with van der Waals surface area (Å²) in [5.74, 6) is 0.0565. The van der Waals surface area contributed by atoms with Gasteiger partial charge in [0, 0.05) is 36.6 Å². The molecule has 3 aliphatic rings. The van der Waals surface area contributed by atoms with E-state index in [2.05, 4.69) is 5.32 Å². The maximum Gasteiger partial charge on any atom is 0.336 e. The Labute approximate surface area is 176 Å². The van der Waals surface area contributed by atoms with Crippen LogP contribution in [-0.2, 0) is 16.0 Å². The van der Waals surface area contributed by atoms with E-state index < -0.39 is 5.63 Å². The van der Waals surface area contributed by atoms with E-state index in [1.54, 1.807) is 0 Å². The first-order valence-corrected chi connectivity index (χ1v) is 10.2. The van der Waals surface area contributed by atoms with Crippen LogP contribution in [0, 0.1) is 6.92 Å². The highest BCUT2D eigenvalue weighted by Gasteiger charge is 2.47. The van der Waals surface area contributed by atoms with Crippen LogP contribution in [0.4, 0.5) is 0 Å². The second-order valence-electron chi connectivity index (χ2n) is 8.66. The summed E-state index contributed by atoms with van der Waals surface area (Å²) in [7, 11) is 0. The summed E-state index contributed by atoms with van der Waals surface area (Å²) in [6.45, 7) is 3.81. The molecule has 6 nitrogen and oxygen atoms in total. The van der Waals surface area contributed by atoms with Gasteiger partial charge < -0.3 is 19.4 Å². The number of fused-ring (bicyclic) bond motifs is 3.